The number of aromatic hydroxyl groups is 1. The smallest absolute Gasteiger partial charge is 0.170 e. The summed E-state index contributed by atoms with van der Waals surface area (Å²) in [5, 5.41) is 16.7. The van der Waals surface area contributed by atoms with Crippen LogP contribution in [0.5, 0.6) is 11.5 Å². The Morgan fingerprint density at radius 3 is 2.68 bits per heavy atom. The molecular weight excluding hydrogens is 260 g/mol. The number of benzene rings is 1. The van der Waals surface area contributed by atoms with Gasteiger partial charge in [0.15, 0.2) is 16.6 Å². The molecule has 1 fully saturated rings. The van der Waals surface area contributed by atoms with Crippen LogP contribution in [-0.2, 0) is 0 Å². The van der Waals surface area contributed by atoms with Gasteiger partial charge in [0.25, 0.3) is 0 Å². The van der Waals surface area contributed by atoms with Crippen molar-refractivity contribution < 1.29 is 9.84 Å². The van der Waals surface area contributed by atoms with Crippen molar-refractivity contribution in [2.24, 2.45) is 0 Å². The number of rotatable bonds is 3. The van der Waals surface area contributed by atoms with E-state index < -0.39 is 0 Å². The van der Waals surface area contributed by atoms with E-state index in [0.717, 1.165) is 5.69 Å². The van der Waals surface area contributed by atoms with Gasteiger partial charge in [-0.25, -0.2) is 0 Å². The Morgan fingerprint density at radius 2 is 2.05 bits per heavy atom. The lowest BCUT2D eigenvalue weighted by Gasteiger charge is -2.24. The topological polar surface area (TPSA) is 53.5 Å². The fraction of sp³-hybridized carbons (Fsp3) is 0.500. The Balaban J connectivity index is 1.89. The van der Waals surface area contributed by atoms with Crippen LogP contribution in [0.15, 0.2) is 18.2 Å². The van der Waals surface area contributed by atoms with E-state index in [2.05, 4.69) is 10.6 Å². The Morgan fingerprint density at radius 1 is 1.32 bits per heavy atom. The fourth-order valence-electron chi connectivity index (χ4n) is 2.37. The number of phenols is 1. The Labute approximate surface area is 119 Å². The number of nitrogens with one attached hydrogen (secondary N) is 2. The van der Waals surface area contributed by atoms with Gasteiger partial charge in [-0.3, -0.25) is 0 Å². The van der Waals surface area contributed by atoms with E-state index in [-0.39, 0.29) is 5.75 Å². The van der Waals surface area contributed by atoms with Crippen LogP contribution in [0.2, 0.25) is 0 Å². The van der Waals surface area contributed by atoms with Gasteiger partial charge in [0.05, 0.1) is 7.11 Å². The van der Waals surface area contributed by atoms with Crippen LogP contribution in [0, 0.1) is 0 Å². The van der Waals surface area contributed by atoms with E-state index in [1.165, 1.54) is 39.2 Å². The Kier molecular flexibility index (Phi) is 4.85. The third-order valence-corrected chi connectivity index (χ3v) is 3.60. The van der Waals surface area contributed by atoms with Gasteiger partial charge in [-0.15, -0.1) is 0 Å². The molecule has 104 valence electrons. The van der Waals surface area contributed by atoms with Crippen LogP contribution in [0.4, 0.5) is 5.69 Å². The first-order chi connectivity index (χ1) is 9.19. The first-order valence-electron chi connectivity index (χ1n) is 6.63. The van der Waals surface area contributed by atoms with E-state index in [1.54, 1.807) is 12.1 Å². The maximum absolute atomic E-state index is 9.70. The Hall–Kier alpha value is -1.49. The van der Waals surface area contributed by atoms with Crippen molar-refractivity contribution in [2.45, 2.75) is 38.1 Å². The molecule has 0 saturated heterocycles. The monoisotopic (exact) mass is 280 g/mol. The largest absolute Gasteiger partial charge is 0.504 e. The van der Waals surface area contributed by atoms with Crippen molar-refractivity contribution in [3.8, 4) is 11.5 Å². The number of hydrogen-bond acceptors (Lipinski definition) is 3. The molecular formula is C14H20N2O2S. The van der Waals surface area contributed by atoms with Crippen molar-refractivity contribution in [3.05, 3.63) is 18.2 Å². The van der Waals surface area contributed by atoms with E-state index in [4.69, 9.17) is 17.0 Å². The zero-order valence-corrected chi connectivity index (χ0v) is 11.9. The van der Waals surface area contributed by atoms with Crippen LogP contribution in [-0.4, -0.2) is 23.4 Å². The van der Waals surface area contributed by atoms with Gasteiger partial charge in [0.1, 0.15) is 0 Å². The van der Waals surface area contributed by atoms with Crippen LogP contribution < -0.4 is 15.4 Å². The van der Waals surface area contributed by atoms with Crippen LogP contribution in [0.25, 0.3) is 0 Å². The first-order valence-corrected chi connectivity index (χ1v) is 7.04. The zero-order valence-electron chi connectivity index (χ0n) is 11.1. The molecule has 0 aromatic heterocycles. The molecule has 1 aromatic rings. The van der Waals surface area contributed by atoms with Gasteiger partial charge >= 0.3 is 0 Å². The zero-order chi connectivity index (χ0) is 13.7. The van der Waals surface area contributed by atoms with Gasteiger partial charge in [-0.1, -0.05) is 19.3 Å². The molecule has 0 unspecified atom stereocenters. The van der Waals surface area contributed by atoms with Crippen molar-refractivity contribution in [1.82, 2.24) is 5.32 Å². The van der Waals surface area contributed by atoms with Gasteiger partial charge in [-0.2, -0.15) is 0 Å². The van der Waals surface area contributed by atoms with E-state index in [0.29, 0.717) is 16.9 Å². The quantitative estimate of drug-likeness (QED) is 0.743. The molecule has 0 bridgehead atoms. The summed E-state index contributed by atoms with van der Waals surface area (Å²) in [6.07, 6.45) is 6.21. The molecule has 1 aliphatic carbocycles. The van der Waals surface area contributed by atoms with Gasteiger partial charge in [0.2, 0.25) is 0 Å². The highest BCUT2D eigenvalue weighted by Gasteiger charge is 2.14. The van der Waals surface area contributed by atoms with Crippen LogP contribution in [0.3, 0.4) is 0 Å². The predicted octanol–water partition coefficient (Wildman–Crippen LogP) is 3.02. The summed E-state index contributed by atoms with van der Waals surface area (Å²) in [6.45, 7) is 0. The number of hydrogen-bond donors (Lipinski definition) is 3. The third kappa shape index (κ3) is 3.99. The molecule has 5 heteroatoms. The molecule has 2 rings (SSSR count). The molecule has 0 aliphatic heterocycles. The van der Waals surface area contributed by atoms with Crippen molar-refractivity contribution in [1.29, 1.82) is 0 Å². The molecule has 0 spiro atoms. The lowest BCUT2D eigenvalue weighted by molar-refractivity contribution is 0.373. The average molecular weight is 280 g/mol. The standard InChI is InChI=1S/C14H20N2O2S/c1-18-13-8-7-11(9-12(13)17)16-14(19)15-10-5-3-2-4-6-10/h7-10,17H,2-6H2,1H3,(H2,15,16,19). The lowest BCUT2D eigenvalue weighted by atomic mass is 9.96. The number of methoxy groups -OCH3 is 1. The summed E-state index contributed by atoms with van der Waals surface area (Å²) in [4.78, 5) is 0. The van der Waals surface area contributed by atoms with E-state index >= 15 is 0 Å². The maximum Gasteiger partial charge on any atom is 0.170 e. The normalized spacial score (nSPS) is 15.8. The van der Waals surface area contributed by atoms with Gasteiger partial charge in [-0.05, 0) is 37.2 Å². The summed E-state index contributed by atoms with van der Waals surface area (Å²) >= 11 is 5.29. The van der Waals surface area contributed by atoms with E-state index in [1.807, 2.05) is 6.07 Å². The van der Waals surface area contributed by atoms with Gasteiger partial charge in [0, 0.05) is 17.8 Å². The number of anilines is 1. The fourth-order valence-corrected chi connectivity index (χ4v) is 2.65. The maximum atomic E-state index is 9.70. The van der Waals surface area contributed by atoms with E-state index in [9.17, 15) is 5.11 Å². The summed E-state index contributed by atoms with van der Waals surface area (Å²) in [7, 11) is 1.53. The van der Waals surface area contributed by atoms with Crippen LogP contribution >= 0.6 is 12.2 Å². The first kappa shape index (κ1) is 13.9. The highest BCUT2D eigenvalue weighted by atomic mass is 32.1. The number of ether oxygens (including phenoxy) is 1. The molecule has 0 radical (unpaired) electrons. The van der Waals surface area contributed by atoms with Gasteiger partial charge < -0.3 is 20.5 Å². The minimum atomic E-state index is 0.105. The van der Waals surface area contributed by atoms with Crippen molar-refractivity contribution in [2.75, 3.05) is 12.4 Å². The molecule has 0 heterocycles. The summed E-state index contributed by atoms with van der Waals surface area (Å²) in [6, 6.07) is 5.61. The van der Waals surface area contributed by atoms with Crippen molar-refractivity contribution >= 4 is 23.0 Å². The molecule has 4 nitrogen and oxygen atoms in total. The molecule has 3 N–H and O–H groups in total. The summed E-state index contributed by atoms with van der Waals surface area (Å²) in [5.41, 5.74) is 0.756. The summed E-state index contributed by atoms with van der Waals surface area (Å²) in [5.74, 6) is 0.560. The minimum absolute atomic E-state index is 0.105. The number of thiocarbonyl (C=S) groups is 1. The lowest BCUT2D eigenvalue weighted by Crippen LogP contribution is -2.38. The SMILES string of the molecule is COc1ccc(NC(=S)NC2CCCCC2)cc1O. The second-order valence-electron chi connectivity index (χ2n) is 4.82. The molecule has 1 aromatic carbocycles. The molecule has 0 amide bonds. The molecule has 19 heavy (non-hydrogen) atoms. The highest BCUT2D eigenvalue weighted by molar-refractivity contribution is 7.80. The number of phenolic OH excluding ortho intramolecular Hbond substituents is 1. The van der Waals surface area contributed by atoms with Crippen molar-refractivity contribution in [3.63, 3.8) is 0 Å². The second-order valence-corrected chi connectivity index (χ2v) is 5.23. The summed E-state index contributed by atoms with van der Waals surface area (Å²) < 4.78 is 5.00. The predicted molar refractivity (Wildman–Crippen MR) is 80.9 cm³/mol. The second kappa shape index (κ2) is 6.61. The molecule has 1 saturated carbocycles. The average Bonchev–Trinajstić information content (AvgIpc) is 2.40. The highest BCUT2D eigenvalue weighted by Crippen LogP contribution is 2.28. The van der Waals surface area contributed by atoms with Crippen LogP contribution in [0.1, 0.15) is 32.1 Å². The minimum Gasteiger partial charge on any atom is -0.504 e. The Bertz CT molecular complexity index is 445. The third-order valence-electron chi connectivity index (χ3n) is 3.38. The molecule has 1 aliphatic rings. The molecule has 0 atom stereocenters.